The zero-order valence-corrected chi connectivity index (χ0v) is 10.1. The maximum absolute atomic E-state index is 11.8. The van der Waals surface area contributed by atoms with Crippen molar-refractivity contribution >= 4 is 6.03 Å². The van der Waals surface area contributed by atoms with Crippen LogP contribution in [0.3, 0.4) is 0 Å². The van der Waals surface area contributed by atoms with Gasteiger partial charge >= 0.3 is 6.03 Å². The van der Waals surface area contributed by atoms with Crippen molar-refractivity contribution in [1.29, 1.82) is 0 Å². The van der Waals surface area contributed by atoms with Crippen LogP contribution in [0.15, 0.2) is 0 Å². The third-order valence-corrected chi connectivity index (χ3v) is 3.10. The molecule has 0 saturated carbocycles. The minimum Gasteiger partial charge on any atom is -0.335 e. The van der Waals surface area contributed by atoms with Crippen molar-refractivity contribution in [1.82, 2.24) is 15.1 Å². The summed E-state index contributed by atoms with van der Waals surface area (Å²) in [6, 6.07) is 0.439. The smallest absolute Gasteiger partial charge is 0.317 e. The second-order valence-electron chi connectivity index (χ2n) is 4.25. The molecule has 15 heavy (non-hydrogen) atoms. The number of rotatable bonds is 3. The Hall–Kier alpha value is -0.770. The van der Waals surface area contributed by atoms with Crippen LogP contribution in [-0.4, -0.2) is 55.1 Å². The van der Waals surface area contributed by atoms with Gasteiger partial charge in [-0.3, -0.25) is 0 Å². The number of piperazine rings is 1. The van der Waals surface area contributed by atoms with Crippen LogP contribution < -0.4 is 5.32 Å². The van der Waals surface area contributed by atoms with E-state index in [4.69, 9.17) is 0 Å². The first kappa shape index (κ1) is 12.3. The van der Waals surface area contributed by atoms with Gasteiger partial charge in [0.2, 0.25) is 0 Å². The van der Waals surface area contributed by atoms with E-state index in [0.29, 0.717) is 6.04 Å². The maximum atomic E-state index is 11.8. The fraction of sp³-hybridized carbons (Fsp3) is 0.909. The molecule has 0 aliphatic carbocycles. The lowest BCUT2D eigenvalue weighted by molar-refractivity contribution is 0.151. The number of likely N-dealkylation sites (N-methyl/N-ethyl adjacent to an activating group) is 1. The van der Waals surface area contributed by atoms with E-state index in [0.717, 1.165) is 39.0 Å². The largest absolute Gasteiger partial charge is 0.335 e. The zero-order valence-electron chi connectivity index (χ0n) is 10.1. The number of amides is 2. The summed E-state index contributed by atoms with van der Waals surface area (Å²) in [7, 11) is 2.09. The number of nitrogens with zero attached hydrogens (tertiary/aromatic N) is 2. The van der Waals surface area contributed by atoms with Crippen molar-refractivity contribution < 1.29 is 6.22 Å². The molecule has 0 spiro atoms. The van der Waals surface area contributed by atoms with Crippen LogP contribution in [0.25, 0.3) is 0 Å². The fourth-order valence-electron chi connectivity index (χ4n) is 1.77. The van der Waals surface area contributed by atoms with Gasteiger partial charge in [-0.15, -0.1) is 0 Å². The molecule has 4 nitrogen and oxygen atoms in total. The molecule has 1 heterocycles. The Bertz CT molecular complexity index is 201. The van der Waals surface area contributed by atoms with Crippen LogP contribution in [0.5, 0.6) is 0 Å². The third kappa shape index (κ3) is 3.70. The van der Waals surface area contributed by atoms with Crippen LogP contribution in [0, 0.1) is 0 Å². The fourth-order valence-corrected chi connectivity index (χ4v) is 1.77. The molecule has 0 aromatic rings. The van der Waals surface area contributed by atoms with E-state index in [1.807, 2.05) is 4.90 Å². The molecule has 0 aromatic carbocycles. The van der Waals surface area contributed by atoms with Crippen molar-refractivity contribution in [2.24, 2.45) is 0 Å². The molecule has 1 N–H and O–H groups in total. The molecule has 0 aromatic heterocycles. The first-order chi connectivity index (χ1) is 7.17. The van der Waals surface area contributed by atoms with E-state index in [1.54, 1.807) is 0 Å². The van der Waals surface area contributed by atoms with E-state index in [2.05, 4.69) is 31.1 Å². The summed E-state index contributed by atoms with van der Waals surface area (Å²) in [5.74, 6) is 0. The summed E-state index contributed by atoms with van der Waals surface area (Å²) in [5, 5.41) is 3.07. The molecule has 1 aliphatic heterocycles. The van der Waals surface area contributed by atoms with Gasteiger partial charge < -0.3 is 15.1 Å². The summed E-state index contributed by atoms with van der Waals surface area (Å²) in [6.45, 7) is 7.88. The molecule has 1 aliphatic rings. The van der Waals surface area contributed by atoms with Crippen LogP contribution in [-0.2, 0) is 0 Å². The Morgan fingerprint density at radius 2 is 1.80 bits per heavy atom. The minimum atomic E-state index is 0. The molecular formula is C11H25N3O. The van der Waals surface area contributed by atoms with E-state index in [9.17, 15) is 4.79 Å². The number of carbonyl (C=O) groups is 1. The Balaban J connectivity index is 0.00000225. The highest BCUT2D eigenvalue weighted by Gasteiger charge is 2.20. The van der Waals surface area contributed by atoms with Crippen LogP contribution in [0.4, 0.5) is 4.79 Å². The normalized spacial score (nSPS) is 18.3. The second-order valence-corrected chi connectivity index (χ2v) is 4.25. The first-order valence-corrected chi connectivity index (χ1v) is 5.91. The summed E-state index contributed by atoms with van der Waals surface area (Å²) < 4.78 is 0. The molecule has 0 atom stereocenters. The van der Waals surface area contributed by atoms with Gasteiger partial charge in [-0.05, 0) is 19.9 Å². The Morgan fingerprint density at radius 1 is 1.27 bits per heavy atom. The van der Waals surface area contributed by atoms with E-state index >= 15 is 0 Å². The van der Waals surface area contributed by atoms with Crippen LogP contribution in [0.1, 0.15) is 28.1 Å². The Kier molecular flexibility index (Phi) is 4.88. The molecular weight excluding hydrogens is 190 g/mol. The van der Waals surface area contributed by atoms with Crippen LogP contribution >= 0.6 is 0 Å². The van der Waals surface area contributed by atoms with E-state index in [1.165, 1.54) is 0 Å². The quantitative estimate of drug-likeness (QED) is 0.772. The summed E-state index contributed by atoms with van der Waals surface area (Å²) >= 11 is 0. The average molecular weight is 215 g/mol. The van der Waals surface area contributed by atoms with E-state index < -0.39 is 0 Å². The highest BCUT2D eigenvalue weighted by molar-refractivity contribution is 5.74. The average Bonchev–Trinajstić information content (AvgIpc) is 2.26. The zero-order chi connectivity index (χ0) is 11.3. The Morgan fingerprint density at radius 3 is 2.27 bits per heavy atom. The SMILES string of the molecule is CCC(CC)NC(=O)N1CCN(C)CC1.[HH]. The molecule has 1 saturated heterocycles. The van der Waals surface area contributed by atoms with Crippen LogP contribution in [0.2, 0.25) is 0 Å². The van der Waals surface area contributed by atoms with E-state index in [-0.39, 0.29) is 7.46 Å². The standard InChI is InChI=1S/C11H23N3O.H2/c1-4-10(5-2)12-11(15)14-8-6-13(3)7-9-14;/h10H,4-9H2,1-3H3,(H,12,15);1H. The lowest BCUT2D eigenvalue weighted by Gasteiger charge is -2.33. The number of hydrogen-bond donors (Lipinski definition) is 1. The molecule has 1 rings (SSSR count). The van der Waals surface area contributed by atoms with Gasteiger partial charge in [0.25, 0.3) is 0 Å². The molecule has 90 valence electrons. The first-order valence-electron chi connectivity index (χ1n) is 5.91. The van der Waals surface area contributed by atoms with Gasteiger partial charge in [0.15, 0.2) is 0 Å². The predicted molar refractivity (Wildman–Crippen MR) is 64.1 cm³/mol. The highest BCUT2D eigenvalue weighted by atomic mass is 16.2. The topological polar surface area (TPSA) is 35.6 Å². The molecule has 0 unspecified atom stereocenters. The van der Waals surface area contributed by atoms with Gasteiger partial charge in [-0.25, -0.2) is 4.79 Å². The number of nitrogens with one attached hydrogen (secondary N) is 1. The van der Waals surface area contributed by atoms with Gasteiger partial charge in [0.05, 0.1) is 0 Å². The Labute approximate surface area is 94.1 Å². The highest BCUT2D eigenvalue weighted by Crippen LogP contribution is 2.02. The summed E-state index contributed by atoms with van der Waals surface area (Å²) in [5.41, 5.74) is 0. The number of hydrogen-bond acceptors (Lipinski definition) is 2. The minimum absolute atomic E-state index is 0. The van der Waals surface area contributed by atoms with Crippen molar-refractivity contribution in [3.8, 4) is 0 Å². The predicted octanol–water partition coefficient (Wildman–Crippen LogP) is 1.38. The second kappa shape index (κ2) is 5.95. The number of carbonyl (C=O) groups excluding carboxylic acids is 1. The molecule has 0 radical (unpaired) electrons. The van der Waals surface area contributed by atoms with Crippen molar-refractivity contribution in [3.05, 3.63) is 0 Å². The van der Waals surface area contributed by atoms with Gasteiger partial charge in [-0.1, -0.05) is 13.8 Å². The molecule has 1 fully saturated rings. The molecule has 0 bridgehead atoms. The van der Waals surface area contributed by atoms with Gasteiger partial charge in [-0.2, -0.15) is 0 Å². The molecule has 4 heteroatoms. The summed E-state index contributed by atoms with van der Waals surface area (Å²) in [4.78, 5) is 16.0. The number of urea groups is 1. The van der Waals surface area contributed by atoms with Crippen molar-refractivity contribution in [3.63, 3.8) is 0 Å². The maximum Gasteiger partial charge on any atom is 0.317 e. The third-order valence-electron chi connectivity index (χ3n) is 3.10. The van der Waals surface area contributed by atoms with Crippen molar-refractivity contribution in [2.75, 3.05) is 33.2 Å². The molecule has 2 amide bonds. The monoisotopic (exact) mass is 215 g/mol. The van der Waals surface area contributed by atoms with Crippen molar-refractivity contribution in [2.45, 2.75) is 32.7 Å². The summed E-state index contributed by atoms with van der Waals surface area (Å²) in [6.07, 6.45) is 2.02. The van der Waals surface area contributed by atoms with Gasteiger partial charge in [0.1, 0.15) is 0 Å². The van der Waals surface area contributed by atoms with Gasteiger partial charge in [0, 0.05) is 33.6 Å². The lowest BCUT2D eigenvalue weighted by atomic mass is 10.2. The lowest BCUT2D eigenvalue weighted by Crippen LogP contribution is -2.52.